The Morgan fingerprint density at radius 3 is 2.48 bits per heavy atom. The van der Waals surface area contributed by atoms with Gasteiger partial charge in [0, 0.05) is 19.3 Å². The zero-order chi connectivity index (χ0) is 21.8. The lowest BCUT2D eigenvalue weighted by molar-refractivity contribution is -0.141. The fourth-order valence-corrected chi connectivity index (χ4v) is 4.99. The number of nitrogens with zero attached hydrogens (tertiary/aromatic N) is 4. The fourth-order valence-electron chi connectivity index (χ4n) is 4.99. The Morgan fingerprint density at radius 1 is 1.03 bits per heavy atom. The van der Waals surface area contributed by atoms with Crippen molar-refractivity contribution in [2.45, 2.75) is 31.2 Å². The first-order chi connectivity index (χ1) is 14.8. The van der Waals surface area contributed by atoms with Gasteiger partial charge >= 0.3 is 6.18 Å². The van der Waals surface area contributed by atoms with Crippen LogP contribution in [-0.2, 0) is 6.18 Å². The van der Waals surface area contributed by atoms with Gasteiger partial charge in [0.05, 0.1) is 35.1 Å². The second-order valence-electron chi connectivity index (χ2n) is 8.41. The van der Waals surface area contributed by atoms with E-state index in [0.29, 0.717) is 25.9 Å². The first-order valence-electron chi connectivity index (χ1n) is 10.2. The molecule has 1 aromatic carbocycles. The van der Waals surface area contributed by atoms with Gasteiger partial charge in [0.1, 0.15) is 5.69 Å². The van der Waals surface area contributed by atoms with Crippen LogP contribution in [0.4, 0.5) is 13.2 Å². The highest BCUT2D eigenvalue weighted by Gasteiger charge is 2.44. The van der Waals surface area contributed by atoms with Crippen molar-refractivity contribution in [3.8, 4) is 0 Å². The highest BCUT2D eigenvalue weighted by atomic mass is 19.4. The van der Waals surface area contributed by atoms with Crippen LogP contribution in [0.1, 0.15) is 34.9 Å². The summed E-state index contributed by atoms with van der Waals surface area (Å²) in [6.07, 6.45) is -1.07. The second kappa shape index (κ2) is 7.33. The number of hydrogen-bond acceptors (Lipinski definition) is 4. The van der Waals surface area contributed by atoms with Gasteiger partial charge in [-0.25, -0.2) is 4.98 Å². The van der Waals surface area contributed by atoms with Crippen molar-refractivity contribution < 1.29 is 23.1 Å². The zero-order valence-electron chi connectivity index (χ0n) is 16.5. The summed E-state index contributed by atoms with van der Waals surface area (Å²) in [7, 11) is 0. The van der Waals surface area contributed by atoms with E-state index in [1.54, 1.807) is 11.2 Å². The third-order valence-electron chi connectivity index (χ3n) is 6.54. The largest absolute Gasteiger partial charge is 0.433 e. The quantitative estimate of drug-likeness (QED) is 0.675. The Bertz CT molecular complexity index is 1110. The highest BCUT2D eigenvalue weighted by molar-refractivity contribution is 5.94. The molecule has 0 radical (unpaired) electrons. The number of hydrogen-bond donors (Lipinski definition) is 1. The van der Waals surface area contributed by atoms with E-state index in [0.717, 1.165) is 23.3 Å². The molecule has 2 fully saturated rings. The molecule has 31 heavy (non-hydrogen) atoms. The highest BCUT2D eigenvalue weighted by Crippen LogP contribution is 2.42. The van der Waals surface area contributed by atoms with Gasteiger partial charge in [0.15, 0.2) is 0 Å². The second-order valence-corrected chi connectivity index (χ2v) is 8.41. The molecule has 162 valence electrons. The van der Waals surface area contributed by atoms with Crippen molar-refractivity contribution in [3.05, 3.63) is 60.2 Å². The van der Waals surface area contributed by atoms with Crippen LogP contribution in [0.15, 0.2) is 48.9 Å². The minimum atomic E-state index is -4.53. The number of rotatable bonds is 2. The lowest BCUT2D eigenvalue weighted by atomic mass is 9.77. The van der Waals surface area contributed by atoms with Crippen LogP contribution in [-0.4, -0.2) is 49.6 Å². The summed E-state index contributed by atoms with van der Waals surface area (Å²) in [5.74, 6) is 0.0445. The Hall–Kier alpha value is -2.94. The van der Waals surface area contributed by atoms with Crippen LogP contribution in [0.25, 0.3) is 11.0 Å². The minimum Gasteiger partial charge on any atom is -0.391 e. The summed E-state index contributed by atoms with van der Waals surface area (Å²) >= 11 is 0. The Kier molecular flexibility index (Phi) is 4.73. The molecular weight excluding hydrogens is 409 g/mol. The van der Waals surface area contributed by atoms with E-state index < -0.39 is 18.0 Å². The van der Waals surface area contributed by atoms with Crippen molar-refractivity contribution in [1.82, 2.24) is 19.4 Å². The molecular formula is C22H21F3N4O2. The molecule has 1 saturated heterocycles. The van der Waals surface area contributed by atoms with Crippen LogP contribution >= 0.6 is 0 Å². The van der Waals surface area contributed by atoms with Crippen LogP contribution in [0.3, 0.4) is 0 Å². The van der Waals surface area contributed by atoms with E-state index in [4.69, 9.17) is 0 Å². The summed E-state index contributed by atoms with van der Waals surface area (Å²) < 4.78 is 40.2. The predicted molar refractivity (Wildman–Crippen MR) is 106 cm³/mol. The van der Waals surface area contributed by atoms with E-state index in [1.807, 2.05) is 28.8 Å². The number of alkyl halides is 3. The molecule has 1 amide bonds. The number of carbonyl (C=O) groups excluding carboxylic acids is 1. The number of imidazole rings is 1. The van der Waals surface area contributed by atoms with Gasteiger partial charge in [-0.1, -0.05) is 12.1 Å². The topological polar surface area (TPSA) is 71.2 Å². The molecule has 3 aromatic rings. The van der Waals surface area contributed by atoms with Crippen LogP contribution in [0, 0.1) is 11.8 Å². The maximum absolute atomic E-state index is 12.8. The molecule has 3 heterocycles. The molecule has 2 aliphatic rings. The van der Waals surface area contributed by atoms with Crippen LogP contribution < -0.4 is 0 Å². The molecule has 1 saturated carbocycles. The maximum Gasteiger partial charge on any atom is 0.433 e. The Labute approximate surface area is 176 Å². The van der Waals surface area contributed by atoms with Crippen molar-refractivity contribution in [3.63, 3.8) is 0 Å². The molecule has 4 atom stereocenters. The number of aliphatic hydroxyl groups is 1. The summed E-state index contributed by atoms with van der Waals surface area (Å²) in [5.41, 5.74) is 0.962. The molecule has 9 heteroatoms. The summed E-state index contributed by atoms with van der Waals surface area (Å²) in [6.45, 7) is 0.999. The fraction of sp³-hybridized carbons (Fsp3) is 0.409. The summed E-state index contributed by atoms with van der Waals surface area (Å²) in [4.78, 5) is 22.3. The predicted octanol–water partition coefficient (Wildman–Crippen LogP) is 3.53. The van der Waals surface area contributed by atoms with Gasteiger partial charge in [0.2, 0.25) is 0 Å². The molecule has 0 spiro atoms. The monoisotopic (exact) mass is 430 g/mol. The van der Waals surface area contributed by atoms with Crippen LogP contribution in [0.2, 0.25) is 0 Å². The number of pyridine rings is 1. The molecule has 0 unspecified atom stereocenters. The maximum atomic E-state index is 12.8. The van der Waals surface area contributed by atoms with Crippen molar-refractivity contribution in [2.75, 3.05) is 13.1 Å². The van der Waals surface area contributed by atoms with Gasteiger partial charge in [-0.15, -0.1) is 0 Å². The average molecular weight is 430 g/mol. The molecule has 1 N–H and O–H groups in total. The van der Waals surface area contributed by atoms with E-state index >= 15 is 0 Å². The lowest BCUT2D eigenvalue weighted by Gasteiger charge is -2.36. The number of fused-ring (bicyclic) bond motifs is 2. The van der Waals surface area contributed by atoms with Gasteiger partial charge in [-0.3, -0.25) is 9.78 Å². The molecule has 5 rings (SSSR count). The van der Waals surface area contributed by atoms with E-state index in [1.165, 1.54) is 6.07 Å². The molecule has 6 nitrogen and oxygen atoms in total. The first kappa shape index (κ1) is 20.0. The standard InChI is InChI=1S/C22H21F3N4O2/c23-22(24,25)20-6-5-13(9-26-20)21(31)28-10-14-7-18(19(30)8-15(14)11-28)29-12-27-16-3-1-2-4-17(16)29/h1-6,9,12,14-15,18-19,30H,7-8,10-11H2/t14-,15+,18-,19-/m1/s1. The Balaban J connectivity index is 1.32. The molecule has 0 bridgehead atoms. The van der Waals surface area contributed by atoms with Gasteiger partial charge in [-0.2, -0.15) is 13.2 Å². The number of para-hydroxylation sites is 2. The van der Waals surface area contributed by atoms with Crippen LogP contribution in [0.5, 0.6) is 0 Å². The number of amides is 1. The average Bonchev–Trinajstić information content (AvgIpc) is 3.36. The number of likely N-dealkylation sites (tertiary alicyclic amines) is 1. The SMILES string of the molecule is O=C(c1ccc(C(F)(F)F)nc1)N1C[C@H]2C[C@@H](n3cnc4ccccc43)[C@H](O)C[C@H]2C1. The third-order valence-corrected chi connectivity index (χ3v) is 6.54. The number of benzene rings is 1. The molecule has 2 aromatic heterocycles. The van der Waals surface area contributed by atoms with Crippen molar-refractivity contribution in [1.29, 1.82) is 0 Å². The lowest BCUT2D eigenvalue weighted by Crippen LogP contribution is -2.36. The number of aliphatic hydroxyl groups excluding tert-OH is 1. The normalized spacial score (nSPS) is 26.3. The third kappa shape index (κ3) is 3.56. The van der Waals surface area contributed by atoms with E-state index in [2.05, 4.69) is 9.97 Å². The van der Waals surface area contributed by atoms with E-state index in [9.17, 15) is 23.1 Å². The number of halogens is 3. The minimum absolute atomic E-state index is 0.128. The summed E-state index contributed by atoms with van der Waals surface area (Å²) in [6, 6.07) is 9.64. The van der Waals surface area contributed by atoms with Gasteiger partial charge in [-0.05, 0) is 48.9 Å². The number of carbonyl (C=O) groups is 1. The zero-order valence-corrected chi connectivity index (χ0v) is 16.5. The first-order valence-corrected chi connectivity index (χ1v) is 10.2. The summed E-state index contributed by atoms with van der Waals surface area (Å²) in [5, 5.41) is 10.8. The smallest absolute Gasteiger partial charge is 0.391 e. The Morgan fingerprint density at radius 2 is 1.77 bits per heavy atom. The number of aromatic nitrogens is 3. The molecule has 1 aliphatic heterocycles. The van der Waals surface area contributed by atoms with Crippen molar-refractivity contribution in [2.24, 2.45) is 11.8 Å². The van der Waals surface area contributed by atoms with Crippen molar-refractivity contribution >= 4 is 16.9 Å². The van der Waals surface area contributed by atoms with E-state index in [-0.39, 0.29) is 29.3 Å². The molecule has 1 aliphatic carbocycles. The van der Waals surface area contributed by atoms with Gasteiger partial charge < -0.3 is 14.6 Å². The van der Waals surface area contributed by atoms with Gasteiger partial charge in [0.25, 0.3) is 5.91 Å².